The van der Waals surface area contributed by atoms with Crippen LogP contribution >= 0.6 is 0 Å². The van der Waals surface area contributed by atoms with Crippen molar-refractivity contribution in [3.05, 3.63) is 54.0 Å². The maximum Gasteiger partial charge on any atom is 0.240 e. The van der Waals surface area contributed by atoms with E-state index in [1.165, 1.54) is 0 Å². The minimum atomic E-state index is -3.44. The van der Waals surface area contributed by atoms with Crippen LogP contribution in [0.4, 0.5) is 0 Å². The third-order valence-corrected chi connectivity index (χ3v) is 6.53. The van der Waals surface area contributed by atoms with E-state index < -0.39 is 10.0 Å². The Hall–Kier alpha value is -1.63. The molecule has 0 aliphatic carbocycles. The van der Waals surface area contributed by atoms with Gasteiger partial charge in [0.05, 0.1) is 17.7 Å². The number of hydrogen-bond donors (Lipinski definition) is 1. The van der Waals surface area contributed by atoms with E-state index in [9.17, 15) is 8.42 Å². The number of benzene rings is 1. The van der Waals surface area contributed by atoms with Crippen LogP contribution in [-0.2, 0) is 16.6 Å². The van der Waals surface area contributed by atoms with Crippen molar-refractivity contribution in [1.82, 2.24) is 9.62 Å². The highest BCUT2D eigenvalue weighted by Gasteiger charge is 2.22. The van der Waals surface area contributed by atoms with E-state index in [0.717, 1.165) is 43.8 Å². The van der Waals surface area contributed by atoms with Crippen molar-refractivity contribution in [2.24, 2.45) is 5.92 Å². The number of nitrogens with zero attached hydrogens (tertiary/aromatic N) is 1. The maximum absolute atomic E-state index is 12.5. The zero-order valence-corrected chi connectivity index (χ0v) is 16.3. The van der Waals surface area contributed by atoms with Crippen LogP contribution < -0.4 is 4.72 Å². The average Bonchev–Trinajstić information content (AvgIpc) is 3.14. The number of likely N-dealkylation sites (tertiary alicyclic amines) is 1. The summed E-state index contributed by atoms with van der Waals surface area (Å²) in [5.74, 6) is 1.76. The Kier molecular flexibility index (Phi) is 6.16. The lowest BCUT2D eigenvalue weighted by Gasteiger charge is -2.31. The molecule has 1 aliphatic rings. The van der Waals surface area contributed by atoms with Crippen molar-refractivity contribution in [2.45, 2.75) is 44.0 Å². The lowest BCUT2D eigenvalue weighted by Crippen LogP contribution is -2.38. The number of hydrogen-bond acceptors (Lipinski definition) is 4. The summed E-state index contributed by atoms with van der Waals surface area (Å²) in [6.07, 6.45) is 3.69. The van der Waals surface area contributed by atoms with Gasteiger partial charge in [-0.15, -0.1) is 0 Å². The average molecular weight is 377 g/mol. The topological polar surface area (TPSA) is 62.6 Å². The Morgan fingerprint density at radius 2 is 1.85 bits per heavy atom. The van der Waals surface area contributed by atoms with E-state index in [1.807, 2.05) is 24.3 Å². The predicted molar refractivity (Wildman–Crippen MR) is 102 cm³/mol. The molecule has 0 spiro atoms. The fraction of sp³-hybridized carbons (Fsp3) is 0.500. The molecular formula is C20H28N2O3S. The van der Waals surface area contributed by atoms with Crippen molar-refractivity contribution >= 4 is 10.0 Å². The number of sulfonamides is 1. The van der Waals surface area contributed by atoms with Crippen LogP contribution in [0.1, 0.15) is 43.9 Å². The summed E-state index contributed by atoms with van der Waals surface area (Å²) in [7, 11) is -3.44. The normalized spacial score (nSPS) is 17.0. The van der Waals surface area contributed by atoms with E-state index in [-0.39, 0.29) is 0 Å². The molecule has 1 fully saturated rings. The first-order valence-electron chi connectivity index (χ1n) is 9.28. The Balaban J connectivity index is 1.48. The molecule has 6 heteroatoms. The summed E-state index contributed by atoms with van der Waals surface area (Å²) in [6.45, 7) is 7.46. The second-order valence-corrected chi connectivity index (χ2v) is 9.14. The molecule has 0 amide bonds. The second-order valence-electron chi connectivity index (χ2n) is 7.37. The quantitative estimate of drug-likeness (QED) is 0.802. The van der Waals surface area contributed by atoms with Gasteiger partial charge in [-0.05, 0) is 67.6 Å². The minimum Gasteiger partial charge on any atom is -0.468 e. The highest BCUT2D eigenvalue weighted by Crippen LogP contribution is 2.20. The largest absolute Gasteiger partial charge is 0.468 e. The molecule has 5 nitrogen and oxygen atoms in total. The van der Waals surface area contributed by atoms with Gasteiger partial charge in [0.1, 0.15) is 5.76 Å². The molecule has 0 unspecified atom stereocenters. The van der Waals surface area contributed by atoms with Crippen LogP contribution in [-0.4, -0.2) is 33.0 Å². The van der Waals surface area contributed by atoms with Gasteiger partial charge in [0, 0.05) is 6.54 Å². The minimum absolute atomic E-state index is 0.345. The molecule has 26 heavy (non-hydrogen) atoms. The first-order chi connectivity index (χ1) is 12.4. The lowest BCUT2D eigenvalue weighted by atomic mass is 9.97. The Morgan fingerprint density at radius 3 is 2.42 bits per heavy atom. The van der Waals surface area contributed by atoms with Crippen LogP contribution in [0.5, 0.6) is 0 Å². The van der Waals surface area contributed by atoms with Gasteiger partial charge in [0.15, 0.2) is 0 Å². The van der Waals surface area contributed by atoms with Crippen LogP contribution in [0.2, 0.25) is 0 Å². The molecule has 1 aromatic carbocycles. The van der Waals surface area contributed by atoms with Crippen LogP contribution in [0.3, 0.4) is 0 Å². The van der Waals surface area contributed by atoms with Crippen molar-refractivity contribution in [1.29, 1.82) is 0 Å². The summed E-state index contributed by atoms with van der Waals surface area (Å²) in [6, 6.07) is 11.1. The summed E-state index contributed by atoms with van der Waals surface area (Å²) in [5.41, 5.74) is 1.15. The molecule has 0 bridgehead atoms. The number of furan rings is 1. The first-order valence-corrected chi connectivity index (χ1v) is 10.8. The lowest BCUT2D eigenvalue weighted by molar-refractivity contribution is 0.168. The summed E-state index contributed by atoms with van der Waals surface area (Å²) in [5, 5.41) is 0. The fourth-order valence-corrected chi connectivity index (χ4v) is 4.43. The maximum atomic E-state index is 12.5. The predicted octanol–water partition coefficient (Wildman–Crippen LogP) is 3.59. The van der Waals surface area contributed by atoms with Crippen molar-refractivity contribution < 1.29 is 12.8 Å². The van der Waals surface area contributed by atoms with Gasteiger partial charge < -0.3 is 4.42 Å². The molecule has 1 aliphatic heterocycles. The van der Waals surface area contributed by atoms with Gasteiger partial charge in [-0.25, -0.2) is 13.1 Å². The SMILES string of the molecule is CC(C)c1ccc(S(=O)(=O)NCC2CCN(Cc3ccco3)CC2)cc1. The number of rotatable bonds is 7. The first kappa shape index (κ1) is 19.1. The van der Waals surface area contributed by atoms with E-state index in [1.54, 1.807) is 18.4 Å². The molecule has 1 aromatic heterocycles. The highest BCUT2D eigenvalue weighted by molar-refractivity contribution is 7.89. The summed E-state index contributed by atoms with van der Waals surface area (Å²) >= 11 is 0. The molecule has 2 aromatic rings. The molecule has 3 rings (SSSR count). The molecule has 2 heterocycles. The molecule has 0 radical (unpaired) electrons. The van der Waals surface area contributed by atoms with Gasteiger partial charge in [-0.3, -0.25) is 4.90 Å². The van der Waals surface area contributed by atoms with Crippen molar-refractivity contribution in [2.75, 3.05) is 19.6 Å². The smallest absolute Gasteiger partial charge is 0.240 e. The van der Waals surface area contributed by atoms with Crippen LogP contribution in [0, 0.1) is 5.92 Å². The fourth-order valence-electron chi connectivity index (χ4n) is 3.31. The monoisotopic (exact) mass is 376 g/mol. The molecule has 0 saturated carbocycles. The summed E-state index contributed by atoms with van der Waals surface area (Å²) in [4.78, 5) is 2.70. The Morgan fingerprint density at radius 1 is 1.15 bits per heavy atom. The van der Waals surface area contributed by atoms with Crippen molar-refractivity contribution in [3.63, 3.8) is 0 Å². The zero-order chi connectivity index (χ0) is 18.6. The van der Waals surface area contributed by atoms with Gasteiger partial charge in [-0.1, -0.05) is 26.0 Å². The van der Waals surface area contributed by atoms with Crippen molar-refractivity contribution in [3.8, 4) is 0 Å². The van der Waals surface area contributed by atoms with E-state index >= 15 is 0 Å². The van der Waals surface area contributed by atoms with E-state index in [2.05, 4.69) is 23.5 Å². The van der Waals surface area contributed by atoms with Gasteiger partial charge >= 0.3 is 0 Å². The van der Waals surface area contributed by atoms with Gasteiger partial charge in [0.2, 0.25) is 10.0 Å². The van der Waals surface area contributed by atoms with E-state index in [4.69, 9.17) is 4.42 Å². The third-order valence-electron chi connectivity index (χ3n) is 5.09. The third kappa shape index (κ3) is 4.96. The molecule has 0 atom stereocenters. The Bertz CT molecular complexity index is 775. The molecular weight excluding hydrogens is 348 g/mol. The number of piperidine rings is 1. The molecule has 1 saturated heterocycles. The zero-order valence-electron chi connectivity index (χ0n) is 15.5. The van der Waals surface area contributed by atoms with Gasteiger partial charge in [-0.2, -0.15) is 0 Å². The Labute approximate surface area is 156 Å². The van der Waals surface area contributed by atoms with Crippen LogP contribution in [0.25, 0.3) is 0 Å². The molecule has 142 valence electrons. The van der Waals surface area contributed by atoms with Gasteiger partial charge in [0.25, 0.3) is 0 Å². The standard InChI is InChI=1S/C20H28N2O3S/c1-16(2)18-5-7-20(8-6-18)26(23,24)21-14-17-9-11-22(12-10-17)15-19-4-3-13-25-19/h3-8,13,16-17,21H,9-12,14-15H2,1-2H3. The summed E-state index contributed by atoms with van der Waals surface area (Å²) < 4.78 is 33.2. The van der Waals surface area contributed by atoms with Crippen LogP contribution in [0.15, 0.2) is 52.0 Å². The molecule has 1 N–H and O–H groups in total. The second kappa shape index (κ2) is 8.37. The van der Waals surface area contributed by atoms with E-state index in [0.29, 0.717) is 23.3 Å². The number of nitrogens with one attached hydrogen (secondary N) is 1. The highest BCUT2D eigenvalue weighted by atomic mass is 32.2.